The molecule has 1 N–H and O–H groups in total. The van der Waals surface area contributed by atoms with Gasteiger partial charge in [-0.15, -0.1) is 0 Å². The summed E-state index contributed by atoms with van der Waals surface area (Å²) in [5.74, 6) is -1.62. The van der Waals surface area contributed by atoms with E-state index in [4.69, 9.17) is 9.84 Å². The fourth-order valence-electron chi connectivity index (χ4n) is 1.78. The first-order valence-corrected chi connectivity index (χ1v) is 4.99. The minimum Gasteiger partial charge on any atom is -0.480 e. The highest BCUT2D eigenvalue weighted by Crippen LogP contribution is 2.27. The van der Waals surface area contributed by atoms with E-state index >= 15 is 0 Å². The Kier molecular flexibility index (Phi) is 2.71. The highest BCUT2D eigenvalue weighted by atomic mass is 19.1. The molecule has 1 aromatic carbocycles. The van der Waals surface area contributed by atoms with Crippen LogP contribution in [0.15, 0.2) is 24.3 Å². The molecule has 1 fully saturated rings. The summed E-state index contributed by atoms with van der Waals surface area (Å²) in [5, 5.41) is 9.04. The van der Waals surface area contributed by atoms with Crippen LogP contribution in [0, 0.1) is 5.82 Å². The molecule has 2 atom stereocenters. The van der Waals surface area contributed by atoms with Gasteiger partial charge in [-0.3, -0.25) is 4.90 Å². The first kappa shape index (κ1) is 11.4. The van der Waals surface area contributed by atoms with E-state index in [0.29, 0.717) is 5.69 Å². The Morgan fingerprint density at radius 3 is 2.53 bits per heavy atom. The number of nitrogens with zero attached hydrogens (tertiary/aromatic N) is 1. The van der Waals surface area contributed by atoms with Crippen LogP contribution in [0.2, 0.25) is 0 Å². The molecule has 1 aliphatic heterocycles. The van der Waals surface area contributed by atoms with Crippen molar-refractivity contribution >= 4 is 17.7 Å². The third kappa shape index (κ3) is 1.93. The molecule has 5 nitrogen and oxygen atoms in total. The molecule has 1 amide bonds. The quantitative estimate of drug-likeness (QED) is 0.851. The molecule has 0 radical (unpaired) electrons. The summed E-state index contributed by atoms with van der Waals surface area (Å²) in [6.45, 7) is 1.50. The Morgan fingerprint density at radius 2 is 2.00 bits per heavy atom. The Balaban J connectivity index is 2.38. The first-order chi connectivity index (χ1) is 8.00. The first-order valence-electron chi connectivity index (χ1n) is 4.99. The molecule has 90 valence electrons. The van der Waals surface area contributed by atoms with Crippen molar-refractivity contribution in [3.05, 3.63) is 30.1 Å². The molecule has 2 unspecified atom stereocenters. The zero-order valence-electron chi connectivity index (χ0n) is 8.96. The predicted molar refractivity (Wildman–Crippen MR) is 56.2 cm³/mol. The number of hydrogen-bond donors (Lipinski definition) is 1. The average molecular weight is 239 g/mol. The van der Waals surface area contributed by atoms with Crippen LogP contribution in [0.3, 0.4) is 0 Å². The molecule has 0 saturated carbocycles. The van der Waals surface area contributed by atoms with E-state index in [-0.39, 0.29) is 0 Å². The number of benzene rings is 1. The number of rotatable bonds is 2. The standard InChI is InChI=1S/C11H10FNO4/c1-6-9(10(14)15)13(11(16)17-6)8-4-2-7(12)3-5-8/h2-6,9H,1H3,(H,14,15). The van der Waals surface area contributed by atoms with Crippen molar-refractivity contribution in [3.63, 3.8) is 0 Å². The van der Waals surface area contributed by atoms with Gasteiger partial charge in [-0.2, -0.15) is 0 Å². The fourth-order valence-corrected chi connectivity index (χ4v) is 1.78. The maximum absolute atomic E-state index is 12.8. The van der Waals surface area contributed by atoms with E-state index in [1.807, 2.05) is 0 Å². The Morgan fingerprint density at radius 1 is 1.41 bits per heavy atom. The number of ether oxygens (including phenoxy) is 1. The summed E-state index contributed by atoms with van der Waals surface area (Å²) in [4.78, 5) is 23.6. The molecule has 2 rings (SSSR count). The zero-order valence-corrected chi connectivity index (χ0v) is 8.96. The van der Waals surface area contributed by atoms with E-state index in [1.54, 1.807) is 0 Å². The zero-order chi connectivity index (χ0) is 12.6. The summed E-state index contributed by atoms with van der Waals surface area (Å²) in [7, 11) is 0. The van der Waals surface area contributed by atoms with Gasteiger partial charge in [0.05, 0.1) is 0 Å². The SMILES string of the molecule is CC1OC(=O)N(c2ccc(F)cc2)C1C(=O)O. The third-order valence-corrected chi connectivity index (χ3v) is 2.56. The van der Waals surface area contributed by atoms with Gasteiger partial charge in [0, 0.05) is 5.69 Å². The number of halogens is 1. The average Bonchev–Trinajstić information content (AvgIpc) is 2.55. The number of carbonyl (C=O) groups is 2. The normalized spacial score (nSPS) is 23.6. The van der Waals surface area contributed by atoms with Crippen molar-refractivity contribution in [2.75, 3.05) is 4.90 Å². The van der Waals surface area contributed by atoms with Crippen LogP contribution in [-0.2, 0) is 9.53 Å². The third-order valence-electron chi connectivity index (χ3n) is 2.56. The van der Waals surface area contributed by atoms with Crippen LogP contribution in [0.1, 0.15) is 6.92 Å². The minimum atomic E-state index is -1.16. The number of aliphatic carboxylic acids is 1. The Labute approximate surface area is 96.4 Å². The molecule has 0 spiro atoms. The van der Waals surface area contributed by atoms with Crippen LogP contribution < -0.4 is 4.90 Å². The number of cyclic esters (lactones) is 1. The van der Waals surface area contributed by atoms with E-state index in [9.17, 15) is 14.0 Å². The summed E-state index contributed by atoms with van der Waals surface area (Å²) in [6.07, 6.45) is -1.48. The van der Waals surface area contributed by atoms with E-state index in [1.165, 1.54) is 19.1 Å². The second-order valence-corrected chi connectivity index (χ2v) is 3.72. The van der Waals surface area contributed by atoms with Crippen molar-refractivity contribution < 1.29 is 23.8 Å². The van der Waals surface area contributed by atoms with E-state index < -0.39 is 30.0 Å². The smallest absolute Gasteiger partial charge is 0.415 e. The molecule has 17 heavy (non-hydrogen) atoms. The van der Waals surface area contributed by atoms with Gasteiger partial charge in [-0.25, -0.2) is 14.0 Å². The predicted octanol–water partition coefficient (Wildman–Crippen LogP) is 1.62. The van der Waals surface area contributed by atoms with Gasteiger partial charge in [0.1, 0.15) is 11.9 Å². The molecule has 1 aliphatic rings. The topological polar surface area (TPSA) is 66.8 Å². The lowest BCUT2D eigenvalue weighted by molar-refractivity contribution is -0.139. The van der Waals surface area contributed by atoms with Crippen molar-refractivity contribution in [2.24, 2.45) is 0 Å². The van der Waals surface area contributed by atoms with Crippen LogP contribution in [0.4, 0.5) is 14.9 Å². The van der Waals surface area contributed by atoms with Gasteiger partial charge in [0.15, 0.2) is 6.04 Å². The molecule has 0 aliphatic carbocycles. The largest absolute Gasteiger partial charge is 0.480 e. The van der Waals surface area contributed by atoms with Gasteiger partial charge < -0.3 is 9.84 Å². The second-order valence-electron chi connectivity index (χ2n) is 3.72. The molecule has 0 aromatic heterocycles. The van der Waals surface area contributed by atoms with Crippen LogP contribution >= 0.6 is 0 Å². The van der Waals surface area contributed by atoms with Crippen molar-refractivity contribution in [2.45, 2.75) is 19.1 Å². The highest BCUT2D eigenvalue weighted by Gasteiger charge is 2.44. The van der Waals surface area contributed by atoms with Gasteiger partial charge >= 0.3 is 12.1 Å². The summed E-state index contributed by atoms with van der Waals surface area (Å²) in [6, 6.07) is 3.90. The fraction of sp³-hybridized carbons (Fsp3) is 0.273. The summed E-state index contributed by atoms with van der Waals surface area (Å²) >= 11 is 0. The Bertz CT molecular complexity index is 459. The lowest BCUT2D eigenvalue weighted by atomic mass is 10.1. The molecular formula is C11H10FNO4. The van der Waals surface area contributed by atoms with Crippen molar-refractivity contribution in [1.82, 2.24) is 0 Å². The van der Waals surface area contributed by atoms with Gasteiger partial charge in [-0.1, -0.05) is 0 Å². The number of carboxylic acid groups (broad SMARTS) is 1. The van der Waals surface area contributed by atoms with Crippen LogP contribution in [0.25, 0.3) is 0 Å². The Hall–Kier alpha value is -2.11. The van der Waals surface area contributed by atoms with Crippen molar-refractivity contribution in [3.8, 4) is 0 Å². The van der Waals surface area contributed by atoms with Gasteiger partial charge in [0.2, 0.25) is 0 Å². The summed E-state index contributed by atoms with van der Waals surface area (Å²) in [5.41, 5.74) is 0.299. The maximum atomic E-state index is 12.8. The highest BCUT2D eigenvalue weighted by molar-refractivity contribution is 5.98. The molecular weight excluding hydrogens is 229 g/mol. The minimum absolute atomic E-state index is 0.299. The molecule has 0 bridgehead atoms. The van der Waals surface area contributed by atoms with Gasteiger partial charge in [-0.05, 0) is 31.2 Å². The maximum Gasteiger partial charge on any atom is 0.415 e. The van der Waals surface area contributed by atoms with E-state index in [2.05, 4.69) is 0 Å². The molecule has 1 saturated heterocycles. The number of hydrogen-bond acceptors (Lipinski definition) is 3. The van der Waals surface area contributed by atoms with Crippen LogP contribution in [0.5, 0.6) is 0 Å². The van der Waals surface area contributed by atoms with Crippen LogP contribution in [-0.4, -0.2) is 29.3 Å². The molecule has 1 heterocycles. The number of carbonyl (C=O) groups excluding carboxylic acids is 1. The second kappa shape index (κ2) is 4.04. The molecule has 1 aromatic rings. The van der Waals surface area contributed by atoms with Crippen molar-refractivity contribution in [1.29, 1.82) is 0 Å². The van der Waals surface area contributed by atoms with E-state index in [0.717, 1.165) is 17.0 Å². The van der Waals surface area contributed by atoms with Gasteiger partial charge in [0.25, 0.3) is 0 Å². The lowest BCUT2D eigenvalue weighted by Gasteiger charge is -2.19. The monoisotopic (exact) mass is 239 g/mol. The lowest BCUT2D eigenvalue weighted by Crippen LogP contribution is -2.42. The molecule has 6 heteroatoms. The number of amides is 1. The number of carboxylic acids is 1. The number of anilines is 1. The summed E-state index contributed by atoms with van der Waals surface area (Å²) < 4.78 is 17.6.